The summed E-state index contributed by atoms with van der Waals surface area (Å²) in [6, 6.07) is -0.185. The lowest BCUT2D eigenvalue weighted by atomic mass is 10.2. The van der Waals surface area contributed by atoms with Crippen LogP contribution in [-0.4, -0.2) is 57.6 Å². The van der Waals surface area contributed by atoms with Gasteiger partial charge < -0.3 is 15.0 Å². The Balaban J connectivity index is 1.44. The fraction of sp³-hybridized carbons (Fsp3) is 0.722. The van der Waals surface area contributed by atoms with Gasteiger partial charge in [-0.1, -0.05) is 5.92 Å². The first-order valence-corrected chi connectivity index (χ1v) is 9.43. The van der Waals surface area contributed by atoms with Crippen molar-refractivity contribution in [1.82, 2.24) is 24.6 Å². The zero-order valence-electron chi connectivity index (χ0n) is 15.2. The summed E-state index contributed by atoms with van der Waals surface area (Å²) in [5, 5.41) is 7.28. The quantitative estimate of drug-likeness (QED) is 0.569. The molecule has 0 aliphatic carbocycles. The van der Waals surface area contributed by atoms with Crippen molar-refractivity contribution in [1.29, 1.82) is 0 Å². The van der Waals surface area contributed by atoms with Crippen LogP contribution in [0, 0.1) is 12.3 Å². The number of carbonyl (C=O) groups excluding carboxylic acids is 1. The highest BCUT2D eigenvalue weighted by molar-refractivity contribution is 5.74. The first-order chi connectivity index (χ1) is 12.7. The lowest BCUT2D eigenvalue weighted by molar-refractivity contribution is 0.0846. The number of hydrogen-bond acceptors (Lipinski definition) is 4. The lowest BCUT2D eigenvalue weighted by Gasteiger charge is -2.23. The molecule has 142 valence electrons. The van der Waals surface area contributed by atoms with Gasteiger partial charge in [0.25, 0.3) is 0 Å². The maximum atomic E-state index is 12.3. The molecule has 1 aromatic rings. The molecule has 8 nitrogen and oxygen atoms in total. The molecule has 1 atom stereocenters. The summed E-state index contributed by atoms with van der Waals surface area (Å²) < 4.78 is 8.85. The number of nitrogens with zero attached hydrogens (tertiary/aromatic N) is 4. The van der Waals surface area contributed by atoms with Gasteiger partial charge in [0.1, 0.15) is 5.82 Å². The van der Waals surface area contributed by atoms with Gasteiger partial charge in [-0.15, -0.1) is 6.42 Å². The molecule has 3 rings (SSSR count). The predicted octanol–water partition coefficient (Wildman–Crippen LogP) is 0.595. The van der Waals surface area contributed by atoms with Crippen molar-refractivity contribution >= 4 is 6.03 Å². The van der Waals surface area contributed by atoms with Gasteiger partial charge in [-0.05, 0) is 32.1 Å². The van der Waals surface area contributed by atoms with Gasteiger partial charge in [0.05, 0.1) is 12.6 Å². The second-order valence-electron chi connectivity index (χ2n) is 6.84. The number of fused-ring (bicyclic) bond motifs is 1. The topological polar surface area (TPSA) is 81.4 Å². The molecule has 1 N–H and O–H groups in total. The van der Waals surface area contributed by atoms with Crippen LogP contribution in [-0.2, 0) is 24.2 Å². The molecule has 26 heavy (non-hydrogen) atoms. The molecule has 1 aromatic heterocycles. The van der Waals surface area contributed by atoms with Crippen LogP contribution in [0.15, 0.2) is 4.79 Å². The molecule has 8 heteroatoms. The average molecular weight is 361 g/mol. The highest BCUT2D eigenvalue weighted by atomic mass is 16.5. The van der Waals surface area contributed by atoms with Crippen LogP contribution < -0.4 is 11.0 Å². The Morgan fingerprint density at radius 3 is 3.04 bits per heavy atom. The fourth-order valence-electron chi connectivity index (χ4n) is 3.49. The molecule has 0 aromatic carbocycles. The van der Waals surface area contributed by atoms with Crippen LogP contribution in [0.2, 0.25) is 0 Å². The summed E-state index contributed by atoms with van der Waals surface area (Å²) in [6.45, 7) is 3.26. The molecule has 0 spiro atoms. The van der Waals surface area contributed by atoms with Crippen LogP contribution in [0.4, 0.5) is 4.79 Å². The normalized spacial score (nSPS) is 19.0. The summed E-state index contributed by atoms with van der Waals surface area (Å²) >= 11 is 0. The Morgan fingerprint density at radius 1 is 1.42 bits per heavy atom. The minimum atomic E-state index is -0.185. The van der Waals surface area contributed by atoms with Gasteiger partial charge >= 0.3 is 11.7 Å². The third-order valence-electron chi connectivity index (χ3n) is 4.87. The number of aryl methyl sites for hydroxylation is 2. The number of aromatic nitrogens is 3. The van der Waals surface area contributed by atoms with Crippen molar-refractivity contribution in [2.75, 3.05) is 26.2 Å². The number of ether oxygens (including phenoxy) is 1. The molecule has 0 saturated carbocycles. The zero-order chi connectivity index (χ0) is 18.4. The van der Waals surface area contributed by atoms with Gasteiger partial charge in [0.15, 0.2) is 0 Å². The van der Waals surface area contributed by atoms with Crippen LogP contribution in [0.1, 0.15) is 37.9 Å². The van der Waals surface area contributed by atoms with Crippen LogP contribution in [0.25, 0.3) is 0 Å². The second-order valence-corrected chi connectivity index (χ2v) is 6.84. The van der Waals surface area contributed by atoms with Gasteiger partial charge in [0.2, 0.25) is 0 Å². The number of terminal acetylenes is 1. The summed E-state index contributed by atoms with van der Waals surface area (Å²) in [4.78, 5) is 26.2. The molecule has 0 bridgehead atoms. The van der Waals surface area contributed by atoms with Gasteiger partial charge in [-0.2, -0.15) is 5.10 Å². The highest BCUT2D eigenvalue weighted by Crippen LogP contribution is 2.13. The van der Waals surface area contributed by atoms with E-state index in [0.29, 0.717) is 26.1 Å². The number of hydrogen-bond donors (Lipinski definition) is 1. The number of amides is 2. The first-order valence-electron chi connectivity index (χ1n) is 9.43. The van der Waals surface area contributed by atoms with E-state index in [0.717, 1.165) is 51.1 Å². The van der Waals surface area contributed by atoms with Gasteiger partial charge in [0, 0.05) is 39.2 Å². The smallest absolute Gasteiger partial charge is 0.345 e. The third-order valence-corrected chi connectivity index (χ3v) is 4.87. The highest BCUT2D eigenvalue weighted by Gasteiger charge is 2.22. The Hall–Kier alpha value is -2.27. The molecule has 1 fully saturated rings. The van der Waals surface area contributed by atoms with Crippen LogP contribution >= 0.6 is 0 Å². The summed E-state index contributed by atoms with van der Waals surface area (Å²) in [6.07, 6.45) is 11.1. The lowest BCUT2D eigenvalue weighted by Crippen LogP contribution is -2.44. The molecule has 1 unspecified atom stereocenters. The molecule has 2 aliphatic rings. The van der Waals surface area contributed by atoms with Crippen LogP contribution in [0.3, 0.4) is 0 Å². The maximum Gasteiger partial charge on any atom is 0.345 e. The number of rotatable bonds is 7. The Labute approximate surface area is 153 Å². The standard InChI is InChI=1S/C18H27N5O3/c1-2-10-21(14-15-7-5-13-26-15)17(24)19-9-6-12-23-18(25)22-11-4-3-8-16(22)20-23/h1,15H,3-14H2,(H,19,24). The summed E-state index contributed by atoms with van der Waals surface area (Å²) in [5.74, 6) is 3.40. The monoisotopic (exact) mass is 361 g/mol. The van der Waals surface area contributed by atoms with E-state index >= 15 is 0 Å². The van der Waals surface area contributed by atoms with Crippen molar-refractivity contribution in [3.63, 3.8) is 0 Å². The number of carbonyl (C=O) groups is 1. The molecule has 2 amide bonds. The largest absolute Gasteiger partial charge is 0.376 e. The van der Waals surface area contributed by atoms with E-state index < -0.39 is 0 Å². The van der Waals surface area contributed by atoms with E-state index in [-0.39, 0.29) is 24.4 Å². The van der Waals surface area contributed by atoms with Crippen molar-refractivity contribution in [3.8, 4) is 12.3 Å². The van der Waals surface area contributed by atoms with E-state index in [1.54, 1.807) is 9.47 Å². The van der Waals surface area contributed by atoms with E-state index in [9.17, 15) is 9.59 Å². The summed E-state index contributed by atoms with van der Waals surface area (Å²) in [5.41, 5.74) is -0.0432. The molecule has 1 saturated heterocycles. The molecule has 0 radical (unpaired) electrons. The Kier molecular flexibility index (Phi) is 6.34. The van der Waals surface area contributed by atoms with Gasteiger partial charge in [-0.3, -0.25) is 4.57 Å². The number of nitrogens with one attached hydrogen (secondary N) is 1. The third kappa shape index (κ3) is 4.47. The van der Waals surface area contributed by atoms with Crippen molar-refractivity contribution in [2.24, 2.45) is 0 Å². The Bertz CT molecular complexity index is 711. The first kappa shape index (κ1) is 18.5. The van der Waals surface area contributed by atoms with E-state index in [2.05, 4.69) is 16.3 Å². The fourth-order valence-corrected chi connectivity index (χ4v) is 3.49. The van der Waals surface area contributed by atoms with Crippen molar-refractivity contribution in [2.45, 2.75) is 57.7 Å². The number of urea groups is 1. The van der Waals surface area contributed by atoms with Crippen molar-refractivity contribution < 1.29 is 9.53 Å². The SMILES string of the molecule is C#CCN(CC1CCCO1)C(=O)NCCCn1nc2n(c1=O)CCCC2. The summed E-state index contributed by atoms with van der Waals surface area (Å²) in [7, 11) is 0. The molecule has 3 heterocycles. The Morgan fingerprint density at radius 2 is 2.31 bits per heavy atom. The van der Waals surface area contributed by atoms with Crippen LogP contribution in [0.5, 0.6) is 0 Å². The van der Waals surface area contributed by atoms with E-state index in [1.165, 1.54) is 4.68 Å². The predicted molar refractivity (Wildman–Crippen MR) is 96.8 cm³/mol. The van der Waals surface area contributed by atoms with E-state index in [4.69, 9.17) is 11.2 Å². The maximum absolute atomic E-state index is 12.3. The second kappa shape index (κ2) is 8.90. The average Bonchev–Trinajstić information content (AvgIpc) is 3.27. The van der Waals surface area contributed by atoms with E-state index in [1.807, 2.05) is 0 Å². The zero-order valence-corrected chi connectivity index (χ0v) is 15.2. The van der Waals surface area contributed by atoms with Crippen molar-refractivity contribution in [3.05, 3.63) is 16.3 Å². The molecular weight excluding hydrogens is 334 g/mol. The minimum absolute atomic E-state index is 0.0432. The minimum Gasteiger partial charge on any atom is -0.376 e. The molecule has 2 aliphatic heterocycles. The van der Waals surface area contributed by atoms with Gasteiger partial charge in [-0.25, -0.2) is 14.3 Å². The molecular formula is C18H27N5O3.